The van der Waals surface area contributed by atoms with Gasteiger partial charge in [-0.3, -0.25) is 19.2 Å². The van der Waals surface area contributed by atoms with Crippen molar-refractivity contribution in [3.05, 3.63) is 35.4 Å². The molecule has 2 N–H and O–H groups in total. The van der Waals surface area contributed by atoms with Crippen LogP contribution in [0.5, 0.6) is 0 Å². The van der Waals surface area contributed by atoms with Crippen LogP contribution in [0.2, 0.25) is 0 Å². The van der Waals surface area contributed by atoms with E-state index >= 15 is 0 Å². The van der Waals surface area contributed by atoms with Gasteiger partial charge in [0.2, 0.25) is 0 Å². The highest BCUT2D eigenvalue weighted by atomic mass is 16.6. The van der Waals surface area contributed by atoms with E-state index in [1.165, 1.54) is 0 Å². The molecule has 8 nitrogen and oxygen atoms in total. The number of carboxylic acid groups (broad SMARTS) is 2. The van der Waals surface area contributed by atoms with Crippen LogP contribution < -0.4 is 0 Å². The maximum atomic E-state index is 11.7. The minimum Gasteiger partial charge on any atom is -0.481 e. The third-order valence-electron chi connectivity index (χ3n) is 4.79. The van der Waals surface area contributed by atoms with Crippen molar-refractivity contribution in [2.45, 2.75) is 30.8 Å². The maximum Gasteiger partial charge on any atom is 0.311 e. The third kappa shape index (κ3) is 3.33. The van der Waals surface area contributed by atoms with Crippen LogP contribution in [0.1, 0.15) is 30.4 Å². The molecule has 1 aromatic rings. The number of hydrogen-bond acceptors (Lipinski definition) is 6. The van der Waals surface area contributed by atoms with Crippen LogP contribution in [0.25, 0.3) is 0 Å². The van der Waals surface area contributed by atoms with E-state index in [0.29, 0.717) is 11.1 Å². The highest BCUT2D eigenvalue weighted by Gasteiger charge is 2.51. The van der Waals surface area contributed by atoms with Crippen molar-refractivity contribution in [2.24, 2.45) is 5.92 Å². The molecule has 0 fully saturated rings. The topological polar surface area (TPSA) is 127 Å². The summed E-state index contributed by atoms with van der Waals surface area (Å²) in [5.74, 6) is -4.93. The predicted molar refractivity (Wildman–Crippen MR) is 82.9 cm³/mol. The van der Waals surface area contributed by atoms with Crippen molar-refractivity contribution >= 4 is 24.9 Å². The fourth-order valence-electron chi connectivity index (χ4n) is 3.60. The Kier molecular flexibility index (Phi) is 5.41. The lowest BCUT2D eigenvalue weighted by molar-refractivity contribution is -0.155. The largest absolute Gasteiger partial charge is 0.481 e. The normalized spacial score (nSPS) is 26.0. The van der Waals surface area contributed by atoms with E-state index in [4.69, 9.17) is 9.47 Å². The molecule has 0 bridgehead atoms. The number of rotatable bonds is 8. The van der Waals surface area contributed by atoms with Crippen molar-refractivity contribution in [3.8, 4) is 0 Å². The van der Waals surface area contributed by atoms with Gasteiger partial charge in [0.25, 0.3) is 12.9 Å². The van der Waals surface area contributed by atoms with E-state index in [-0.39, 0.29) is 26.0 Å². The molecule has 2 rings (SSSR count). The van der Waals surface area contributed by atoms with E-state index < -0.39 is 35.3 Å². The quantitative estimate of drug-likeness (QED) is 0.663. The van der Waals surface area contributed by atoms with Gasteiger partial charge in [-0.2, -0.15) is 0 Å². The standard InChI is InChI=1S/C17H18O8/c1-17(13(25-9-19)7-24-8-18)6-11(15(20)21)14(16(22)23)10-4-2-3-5-12(10)17/h2-5,8-9,11,13-14H,6-7H2,1H3,(H,20,21)(H,22,23). The number of hydrogen-bond donors (Lipinski definition) is 2. The minimum atomic E-state index is -1.26. The average Bonchev–Trinajstić information content (AvgIpc) is 2.58. The van der Waals surface area contributed by atoms with Crippen molar-refractivity contribution in [3.63, 3.8) is 0 Å². The Morgan fingerprint density at radius 1 is 1.24 bits per heavy atom. The first-order valence-electron chi connectivity index (χ1n) is 7.56. The molecule has 4 atom stereocenters. The Balaban J connectivity index is 2.61. The van der Waals surface area contributed by atoms with Crippen LogP contribution in [-0.4, -0.2) is 47.8 Å². The Bertz CT molecular complexity index is 685. The van der Waals surface area contributed by atoms with Gasteiger partial charge < -0.3 is 19.7 Å². The molecule has 1 aliphatic carbocycles. The minimum absolute atomic E-state index is 0.0863. The van der Waals surface area contributed by atoms with Crippen LogP contribution in [-0.2, 0) is 34.1 Å². The monoisotopic (exact) mass is 350 g/mol. The first-order valence-corrected chi connectivity index (χ1v) is 7.56. The molecule has 0 saturated heterocycles. The van der Waals surface area contributed by atoms with Gasteiger partial charge in [0, 0.05) is 5.41 Å². The smallest absolute Gasteiger partial charge is 0.311 e. The van der Waals surface area contributed by atoms with Gasteiger partial charge in [-0.05, 0) is 17.5 Å². The summed E-state index contributed by atoms with van der Waals surface area (Å²) in [6.45, 7) is 1.80. The predicted octanol–water partition coefficient (Wildman–Crippen LogP) is 0.932. The van der Waals surface area contributed by atoms with Crippen LogP contribution in [0.3, 0.4) is 0 Å². The summed E-state index contributed by atoms with van der Waals surface area (Å²) in [4.78, 5) is 44.8. The van der Waals surface area contributed by atoms with Crippen molar-refractivity contribution in [2.75, 3.05) is 6.61 Å². The number of ether oxygens (including phenoxy) is 2. The van der Waals surface area contributed by atoms with Crippen LogP contribution in [0.15, 0.2) is 24.3 Å². The summed E-state index contributed by atoms with van der Waals surface area (Å²) in [6.07, 6.45) is -1.04. The second kappa shape index (κ2) is 7.33. The van der Waals surface area contributed by atoms with Crippen LogP contribution >= 0.6 is 0 Å². The highest BCUT2D eigenvalue weighted by molar-refractivity contribution is 5.86. The van der Waals surface area contributed by atoms with Gasteiger partial charge in [0.05, 0.1) is 11.8 Å². The Labute approximate surface area is 143 Å². The first kappa shape index (κ1) is 18.4. The molecule has 0 amide bonds. The summed E-state index contributed by atoms with van der Waals surface area (Å²) >= 11 is 0. The molecule has 25 heavy (non-hydrogen) atoms. The van der Waals surface area contributed by atoms with Crippen molar-refractivity contribution in [1.82, 2.24) is 0 Å². The zero-order valence-corrected chi connectivity index (χ0v) is 13.5. The highest BCUT2D eigenvalue weighted by Crippen LogP contribution is 2.48. The molecule has 0 radical (unpaired) electrons. The zero-order chi connectivity index (χ0) is 18.6. The molecule has 0 heterocycles. The van der Waals surface area contributed by atoms with Gasteiger partial charge in [0.1, 0.15) is 12.7 Å². The summed E-state index contributed by atoms with van der Waals surface area (Å²) in [7, 11) is 0. The van der Waals surface area contributed by atoms with Crippen molar-refractivity contribution in [1.29, 1.82) is 0 Å². The average molecular weight is 350 g/mol. The summed E-state index contributed by atoms with van der Waals surface area (Å²) in [6, 6.07) is 6.54. The van der Waals surface area contributed by atoms with Gasteiger partial charge >= 0.3 is 11.9 Å². The summed E-state index contributed by atoms with van der Waals surface area (Å²) < 4.78 is 9.79. The van der Waals surface area contributed by atoms with E-state index in [0.717, 1.165) is 0 Å². The third-order valence-corrected chi connectivity index (χ3v) is 4.79. The summed E-state index contributed by atoms with van der Waals surface area (Å²) in [5, 5.41) is 19.1. The van der Waals surface area contributed by atoms with Crippen molar-refractivity contribution < 1.29 is 38.9 Å². The molecule has 0 aromatic heterocycles. The number of aliphatic carboxylic acids is 2. The molecule has 0 spiro atoms. The molecule has 1 aliphatic rings. The van der Waals surface area contributed by atoms with Crippen LogP contribution in [0, 0.1) is 5.92 Å². The number of benzene rings is 1. The van der Waals surface area contributed by atoms with Gasteiger partial charge in [0.15, 0.2) is 0 Å². The fourth-order valence-corrected chi connectivity index (χ4v) is 3.60. The molecular formula is C17H18O8. The Morgan fingerprint density at radius 3 is 2.48 bits per heavy atom. The Hall–Kier alpha value is -2.90. The van der Waals surface area contributed by atoms with Crippen LogP contribution in [0.4, 0.5) is 0 Å². The lowest BCUT2D eigenvalue weighted by Crippen LogP contribution is -2.49. The van der Waals surface area contributed by atoms with E-state index in [9.17, 15) is 29.4 Å². The number of carboxylic acids is 2. The molecular weight excluding hydrogens is 332 g/mol. The molecule has 1 aromatic carbocycles. The summed E-state index contributed by atoms with van der Waals surface area (Å²) in [5.41, 5.74) is -0.127. The number of fused-ring (bicyclic) bond motifs is 1. The van der Waals surface area contributed by atoms with E-state index in [1.807, 2.05) is 0 Å². The van der Waals surface area contributed by atoms with Gasteiger partial charge in [-0.25, -0.2) is 0 Å². The maximum absolute atomic E-state index is 11.7. The second-order valence-electron chi connectivity index (χ2n) is 6.12. The van der Waals surface area contributed by atoms with E-state index in [1.54, 1.807) is 31.2 Å². The lowest BCUT2D eigenvalue weighted by Gasteiger charge is -2.44. The van der Waals surface area contributed by atoms with Gasteiger partial charge in [-0.1, -0.05) is 31.2 Å². The zero-order valence-electron chi connectivity index (χ0n) is 13.5. The molecule has 8 heteroatoms. The fraction of sp³-hybridized carbons (Fsp3) is 0.412. The molecule has 4 unspecified atom stereocenters. The molecule has 134 valence electrons. The molecule has 0 saturated carbocycles. The second-order valence-corrected chi connectivity index (χ2v) is 6.12. The van der Waals surface area contributed by atoms with Gasteiger partial charge in [-0.15, -0.1) is 0 Å². The first-order chi connectivity index (χ1) is 11.9. The lowest BCUT2D eigenvalue weighted by atomic mass is 9.60. The SMILES string of the molecule is CC1(C(COC=O)OC=O)CC(C(=O)O)C(C(=O)O)c2ccccc21. The Morgan fingerprint density at radius 2 is 1.92 bits per heavy atom. The van der Waals surface area contributed by atoms with E-state index in [2.05, 4.69) is 0 Å². The number of carbonyl (C=O) groups excluding carboxylic acids is 2. The number of carbonyl (C=O) groups is 4. The molecule has 0 aliphatic heterocycles.